The van der Waals surface area contributed by atoms with E-state index in [1.165, 1.54) is 0 Å². The van der Waals surface area contributed by atoms with Crippen molar-refractivity contribution < 1.29 is 5.11 Å². The van der Waals surface area contributed by atoms with Crippen molar-refractivity contribution in [1.82, 2.24) is 10.3 Å². The van der Waals surface area contributed by atoms with Crippen LogP contribution in [0.4, 0.5) is 0 Å². The van der Waals surface area contributed by atoms with Gasteiger partial charge in [-0.05, 0) is 24.0 Å². The summed E-state index contributed by atoms with van der Waals surface area (Å²) >= 11 is 5.99. The summed E-state index contributed by atoms with van der Waals surface area (Å²) in [6.07, 6.45) is 4.31. The summed E-state index contributed by atoms with van der Waals surface area (Å²) in [5.74, 6) is 0.567. The molecule has 0 spiro atoms. The van der Waals surface area contributed by atoms with E-state index in [2.05, 4.69) is 24.1 Å². The minimum Gasteiger partial charge on any atom is -0.395 e. The maximum atomic E-state index is 9.21. The fourth-order valence-electron chi connectivity index (χ4n) is 1.59. The van der Waals surface area contributed by atoms with E-state index in [9.17, 15) is 5.11 Å². The number of pyridine rings is 1. The molecule has 1 aromatic heterocycles. The van der Waals surface area contributed by atoms with Gasteiger partial charge in [-0.2, -0.15) is 0 Å². The largest absolute Gasteiger partial charge is 0.395 e. The van der Waals surface area contributed by atoms with E-state index in [4.69, 9.17) is 11.6 Å². The van der Waals surface area contributed by atoms with Crippen molar-refractivity contribution in [3.8, 4) is 0 Å². The number of nitrogens with one attached hydrogen (secondary N) is 1. The Labute approximate surface area is 102 Å². The molecule has 0 aromatic carbocycles. The lowest BCUT2D eigenvalue weighted by molar-refractivity contribution is 0.223. The molecule has 1 heterocycles. The SMILES string of the molecule is CC(C)CC(CO)NCc1ccncc1Cl. The number of hydrogen-bond donors (Lipinski definition) is 2. The first-order valence-electron chi connectivity index (χ1n) is 5.56. The van der Waals surface area contributed by atoms with Crippen LogP contribution in [0.2, 0.25) is 5.02 Å². The number of aliphatic hydroxyl groups excluding tert-OH is 1. The minimum absolute atomic E-state index is 0.129. The van der Waals surface area contributed by atoms with Gasteiger partial charge in [0.25, 0.3) is 0 Å². The standard InChI is InChI=1S/C12H19ClN2O/c1-9(2)5-11(8-16)15-6-10-3-4-14-7-12(10)13/h3-4,7,9,11,15-16H,5-6,8H2,1-2H3. The van der Waals surface area contributed by atoms with Crippen LogP contribution in [0.1, 0.15) is 25.8 Å². The van der Waals surface area contributed by atoms with Gasteiger partial charge in [0.2, 0.25) is 0 Å². The van der Waals surface area contributed by atoms with E-state index in [-0.39, 0.29) is 12.6 Å². The highest BCUT2D eigenvalue weighted by Gasteiger charge is 2.09. The average Bonchev–Trinajstić information content (AvgIpc) is 2.25. The maximum absolute atomic E-state index is 9.21. The zero-order chi connectivity index (χ0) is 12.0. The summed E-state index contributed by atoms with van der Waals surface area (Å²) in [5, 5.41) is 13.2. The van der Waals surface area contributed by atoms with Crippen LogP contribution < -0.4 is 5.32 Å². The van der Waals surface area contributed by atoms with Crippen molar-refractivity contribution in [2.24, 2.45) is 5.92 Å². The third-order valence-electron chi connectivity index (χ3n) is 2.41. The van der Waals surface area contributed by atoms with E-state index in [0.29, 0.717) is 17.5 Å². The summed E-state index contributed by atoms with van der Waals surface area (Å²) in [5.41, 5.74) is 1.01. The topological polar surface area (TPSA) is 45.1 Å². The highest BCUT2D eigenvalue weighted by atomic mass is 35.5. The first-order chi connectivity index (χ1) is 7.63. The first kappa shape index (κ1) is 13.4. The number of nitrogens with zero attached hydrogens (tertiary/aromatic N) is 1. The second kappa shape index (κ2) is 6.84. The molecule has 0 aliphatic heterocycles. The van der Waals surface area contributed by atoms with Crippen LogP contribution in [0, 0.1) is 5.92 Å². The van der Waals surface area contributed by atoms with E-state index in [0.717, 1.165) is 12.0 Å². The summed E-state index contributed by atoms with van der Waals surface area (Å²) in [6, 6.07) is 2.02. The summed E-state index contributed by atoms with van der Waals surface area (Å²) in [4.78, 5) is 3.93. The molecule has 90 valence electrons. The van der Waals surface area contributed by atoms with Gasteiger partial charge in [-0.1, -0.05) is 25.4 Å². The second-order valence-electron chi connectivity index (χ2n) is 4.36. The number of aromatic nitrogens is 1. The minimum atomic E-state index is 0.129. The lowest BCUT2D eigenvalue weighted by Crippen LogP contribution is -2.33. The lowest BCUT2D eigenvalue weighted by Gasteiger charge is -2.18. The van der Waals surface area contributed by atoms with Gasteiger partial charge in [0.15, 0.2) is 0 Å². The van der Waals surface area contributed by atoms with Crippen LogP contribution in [0.25, 0.3) is 0 Å². The van der Waals surface area contributed by atoms with Gasteiger partial charge in [0, 0.05) is 25.0 Å². The van der Waals surface area contributed by atoms with Gasteiger partial charge in [0.1, 0.15) is 0 Å². The molecule has 0 amide bonds. The quantitative estimate of drug-likeness (QED) is 0.804. The predicted molar refractivity (Wildman–Crippen MR) is 66.4 cm³/mol. The Balaban J connectivity index is 2.46. The maximum Gasteiger partial charge on any atom is 0.0634 e. The van der Waals surface area contributed by atoms with Crippen LogP contribution in [0.3, 0.4) is 0 Å². The fraction of sp³-hybridized carbons (Fsp3) is 0.583. The third-order valence-corrected chi connectivity index (χ3v) is 2.75. The highest BCUT2D eigenvalue weighted by Crippen LogP contribution is 2.13. The monoisotopic (exact) mass is 242 g/mol. The van der Waals surface area contributed by atoms with Crippen LogP contribution in [-0.4, -0.2) is 22.7 Å². The molecule has 0 saturated carbocycles. The normalized spacial score (nSPS) is 13.1. The Morgan fingerprint density at radius 2 is 2.25 bits per heavy atom. The van der Waals surface area contributed by atoms with Gasteiger partial charge < -0.3 is 10.4 Å². The molecule has 0 bridgehead atoms. The second-order valence-corrected chi connectivity index (χ2v) is 4.76. The number of hydrogen-bond acceptors (Lipinski definition) is 3. The highest BCUT2D eigenvalue weighted by molar-refractivity contribution is 6.31. The third kappa shape index (κ3) is 4.47. The van der Waals surface area contributed by atoms with Crippen molar-refractivity contribution in [2.45, 2.75) is 32.9 Å². The van der Waals surface area contributed by atoms with Crippen molar-refractivity contribution in [1.29, 1.82) is 0 Å². The molecular formula is C12H19ClN2O. The van der Waals surface area contributed by atoms with Crippen LogP contribution >= 0.6 is 11.6 Å². The van der Waals surface area contributed by atoms with Crippen LogP contribution in [-0.2, 0) is 6.54 Å². The van der Waals surface area contributed by atoms with Crippen molar-refractivity contribution in [2.75, 3.05) is 6.61 Å². The van der Waals surface area contributed by atoms with E-state index >= 15 is 0 Å². The number of aliphatic hydroxyl groups is 1. The Morgan fingerprint density at radius 3 is 2.81 bits per heavy atom. The smallest absolute Gasteiger partial charge is 0.0634 e. The molecule has 2 N–H and O–H groups in total. The van der Waals surface area contributed by atoms with Crippen LogP contribution in [0.15, 0.2) is 18.5 Å². The zero-order valence-corrected chi connectivity index (χ0v) is 10.5. The molecule has 1 unspecified atom stereocenters. The van der Waals surface area contributed by atoms with Crippen molar-refractivity contribution in [3.05, 3.63) is 29.0 Å². The Kier molecular flexibility index (Phi) is 5.74. The zero-order valence-electron chi connectivity index (χ0n) is 9.78. The Bertz CT molecular complexity index is 318. The molecular weight excluding hydrogens is 224 g/mol. The molecule has 1 atom stereocenters. The molecule has 0 aliphatic carbocycles. The molecule has 0 aliphatic rings. The molecule has 3 nitrogen and oxygen atoms in total. The molecule has 0 fully saturated rings. The van der Waals surface area contributed by atoms with Crippen molar-refractivity contribution in [3.63, 3.8) is 0 Å². The van der Waals surface area contributed by atoms with Gasteiger partial charge in [0.05, 0.1) is 11.6 Å². The van der Waals surface area contributed by atoms with Gasteiger partial charge >= 0.3 is 0 Å². The fourth-order valence-corrected chi connectivity index (χ4v) is 1.78. The summed E-state index contributed by atoms with van der Waals surface area (Å²) < 4.78 is 0. The Hall–Kier alpha value is -0.640. The van der Waals surface area contributed by atoms with Gasteiger partial charge in [-0.3, -0.25) is 4.98 Å². The Morgan fingerprint density at radius 1 is 1.50 bits per heavy atom. The number of rotatable bonds is 6. The van der Waals surface area contributed by atoms with Crippen LogP contribution in [0.5, 0.6) is 0 Å². The van der Waals surface area contributed by atoms with E-state index in [1.807, 2.05) is 6.07 Å². The molecule has 0 saturated heterocycles. The molecule has 1 rings (SSSR count). The molecule has 16 heavy (non-hydrogen) atoms. The first-order valence-corrected chi connectivity index (χ1v) is 5.94. The summed E-state index contributed by atoms with van der Waals surface area (Å²) in [7, 11) is 0. The average molecular weight is 243 g/mol. The predicted octanol–water partition coefficient (Wildman–Crippen LogP) is 2.23. The van der Waals surface area contributed by atoms with E-state index in [1.54, 1.807) is 12.4 Å². The lowest BCUT2D eigenvalue weighted by atomic mass is 10.0. The molecule has 0 radical (unpaired) electrons. The van der Waals surface area contributed by atoms with Gasteiger partial charge in [-0.25, -0.2) is 0 Å². The molecule has 1 aromatic rings. The van der Waals surface area contributed by atoms with E-state index < -0.39 is 0 Å². The molecule has 4 heteroatoms. The van der Waals surface area contributed by atoms with Crippen molar-refractivity contribution >= 4 is 11.6 Å². The van der Waals surface area contributed by atoms with Gasteiger partial charge in [-0.15, -0.1) is 0 Å². The summed E-state index contributed by atoms with van der Waals surface area (Å²) in [6.45, 7) is 5.10. The number of halogens is 1.